The number of carboxylic acid groups (broad SMARTS) is 1. The first-order chi connectivity index (χ1) is 10.5. The Balaban J connectivity index is 2.20. The summed E-state index contributed by atoms with van der Waals surface area (Å²) in [6, 6.07) is 6.63. The molecule has 0 saturated heterocycles. The van der Waals surface area contributed by atoms with E-state index in [1.165, 1.54) is 7.05 Å². The van der Waals surface area contributed by atoms with Gasteiger partial charge in [-0.1, -0.05) is 24.3 Å². The largest absolute Gasteiger partial charge is 0.481 e. The molecule has 0 aromatic heterocycles. The quantitative estimate of drug-likeness (QED) is 0.737. The Kier molecular flexibility index (Phi) is 4.93. The van der Waals surface area contributed by atoms with Gasteiger partial charge in [-0.3, -0.25) is 14.4 Å². The molecule has 116 valence electrons. The zero-order valence-corrected chi connectivity index (χ0v) is 12.2. The molecule has 3 N–H and O–H groups in total. The predicted molar refractivity (Wildman–Crippen MR) is 81.5 cm³/mol. The minimum Gasteiger partial charge on any atom is -0.481 e. The molecule has 6 nitrogen and oxygen atoms in total. The minimum absolute atomic E-state index is 0.311. The van der Waals surface area contributed by atoms with Gasteiger partial charge in [0.15, 0.2) is 0 Å². The van der Waals surface area contributed by atoms with E-state index >= 15 is 0 Å². The molecular weight excluding hydrogens is 284 g/mol. The van der Waals surface area contributed by atoms with E-state index in [1.54, 1.807) is 30.3 Å². The highest BCUT2D eigenvalue weighted by Crippen LogP contribution is 2.27. The Hall–Kier alpha value is -2.63. The van der Waals surface area contributed by atoms with Gasteiger partial charge in [0.25, 0.3) is 5.91 Å². The zero-order valence-electron chi connectivity index (χ0n) is 12.2. The number of benzene rings is 1. The molecule has 2 amide bonds. The third kappa shape index (κ3) is 3.33. The zero-order chi connectivity index (χ0) is 16.1. The van der Waals surface area contributed by atoms with Gasteiger partial charge >= 0.3 is 5.97 Å². The third-order valence-electron chi connectivity index (χ3n) is 3.74. The number of amides is 2. The van der Waals surface area contributed by atoms with Gasteiger partial charge in [0.05, 0.1) is 23.1 Å². The van der Waals surface area contributed by atoms with Gasteiger partial charge < -0.3 is 15.7 Å². The standard InChI is InChI=1S/C16H18N2O4/c1-17-14(19)12-8-4-5-9-13(12)18-15(20)10-6-2-3-7-11(10)16(21)22/h2-5,8-11H,6-7H2,1H3,(H,17,19)(H,18,20)(H,21,22)/t10-,11+/m0/s1. The average molecular weight is 302 g/mol. The van der Waals surface area contributed by atoms with Crippen LogP contribution in [-0.4, -0.2) is 29.9 Å². The molecule has 22 heavy (non-hydrogen) atoms. The maximum atomic E-state index is 12.4. The van der Waals surface area contributed by atoms with Crippen LogP contribution in [0.25, 0.3) is 0 Å². The van der Waals surface area contributed by atoms with E-state index in [0.717, 1.165) is 0 Å². The van der Waals surface area contributed by atoms with Crippen LogP contribution in [0.2, 0.25) is 0 Å². The SMILES string of the molecule is CNC(=O)c1ccccc1NC(=O)[C@H]1CC=CC[C@H]1C(=O)O. The molecule has 2 atom stereocenters. The number of anilines is 1. The number of carbonyl (C=O) groups excluding carboxylic acids is 2. The molecule has 0 saturated carbocycles. The van der Waals surface area contributed by atoms with Crippen LogP contribution in [0.5, 0.6) is 0 Å². The average Bonchev–Trinajstić information content (AvgIpc) is 2.54. The summed E-state index contributed by atoms with van der Waals surface area (Å²) in [5, 5.41) is 14.4. The summed E-state index contributed by atoms with van der Waals surface area (Å²) >= 11 is 0. The van der Waals surface area contributed by atoms with Crippen molar-refractivity contribution in [3.63, 3.8) is 0 Å². The Morgan fingerprint density at radius 1 is 1.09 bits per heavy atom. The molecule has 0 aliphatic heterocycles. The van der Waals surface area contributed by atoms with Crippen LogP contribution >= 0.6 is 0 Å². The van der Waals surface area contributed by atoms with E-state index in [0.29, 0.717) is 24.1 Å². The van der Waals surface area contributed by atoms with Crippen molar-refractivity contribution < 1.29 is 19.5 Å². The topological polar surface area (TPSA) is 95.5 Å². The van der Waals surface area contributed by atoms with Gasteiger partial charge in [-0.05, 0) is 25.0 Å². The van der Waals surface area contributed by atoms with E-state index < -0.39 is 17.8 Å². The van der Waals surface area contributed by atoms with E-state index in [1.807, 2.05) is 6.08 Å². The molecule has 1 aliphatic carbocycles. The smallest absolute Gasteiger partial charge is 0.307 e. The van der Waals surface area contributed by atoms with E-state index in [4.69, 9.17) is 0 Å². The van der Waals surface area contributed by atoms with Crippen molar-refractivity contribution in [2.45, 2.75) is 12.8 Å². The highest BCUT2D eigenvalue weighted by molar-refractivity contribution is 6.04. The summed E-state index contributed by atoms with van der Waals surface area (Å²) in [6.45, 7) is 0. The maximum absolute atomic E-state index is 12.4. The van der Waals surface area contributed by atoms with Crippen molar-refractivity contribution in [2.24, 2.45) is 11.8 Å². The van der Waals surface area contributed by atoms with Crippen LogP contribution < -0.4 is 10.6 Å². The first-order valence-corrected chi connectivity index (χ1v) is 7.04. The molecular formula is C16H18N2O4. The molecule has 0 heterocycles. The molecule has 1 aliphatic rings. The molecule has 0 bridgehead atoms. The number of para-hydroxylation sites is 1. The normalized spacial score (nSPS) is 20.2. The van der Waals surface area contributed by atoms with Gasteiger partial charge in [0, 0.05) is 7.05 Å². The Labute approximate surface area is 128 Å². The molecule has 0 fully saturated rings. The minimum atomic E-state index is -0.982. The van der Waals surface area contributed by atoms with Gasteiger partial charge in [0.2, 0.25) is 5.91 Å². The lowest BCUT2D eigenvalue weighted by molar-refractivity contribution is -0.146. The van der Waals surface area contributed by atoms with E-state index in [2.05, 4.69) is 10.6 Å². The Morgan fingerprint density at radius 2 is 1.73 bits per heavy atom. The summed E-state index contributed by atoms with van der Waals surface area (Å²) in [7, 11) is 1.51. The first-order valence-electron chi connectivity index (χ1n) is 7.04. The summed E-state index contributed by atoms with van der Waals surface area (Å²) < 4.78 is 0. The van der Waals surface area contributed by atoms with Gasteiger partial charge in [-0.2, -0.15) is 0 Å². The molecule has 0 radical (unpaired) electrons. The number of hydrogen-bond donors (Lipinski definition) is 3. The van der Waals surface area contributed by atoms with E-state index in [-0.39, 0.29) is 11.8 Å². The Morgan fingerprint density at radius 3 is 2.36 bits per heavy atom. The van der Waals surface area contributed by atoms with Crippen molar-refractivity contribution in [2.75, 3.05) is 12.4 Å². The fourth-order valence-corrected chi connectivity index (χ4v) is 2.53. The summed E-state index contributed by atoms with van der Waals surface area (Å²) in [5.41, 5.74) is 0.724. The lowest BCUT2D eigenvalue weighted by Gasteiger charge is -2.24. The second-order valence-corrected chi connectivity index (χ2v) is 5.11. The molecule has 0 spiro atoms. The van der Waals surface area contributed by atoms with Crippen molar-refractivity contribution in [3.05, 3.63) is 42.0 Å². The highest BCUT2D eigenvalue weighted by Gasteiger charge is 2.34. The molecule has 1 aromatic carbocycles. The van der Waals surface area contributed by atoms with Gasteiger partial charge in [-0.15, -0.1) is 0 Å². The Bertz CT molecular complexity index is 624. The molecule has 0 unspecified atom stereocenters. The predicted octanol–water partition coefficient (Wildman–Crippen LogP) is 1.65. The monoisotopic (exact) mass is 302 g/mol. The second kappa shape index (κ2) is 6.89. The number of aliphatic carboxylic acids is 1. The first kappa shape index (κ1) is 15.8. The van der Waals surface area contributed by atoms with Crippen molar-refractivity contribution in [3.8, 4) is 0 Å². The number of hydrogen-bond acceptors (Lipinski definition) is 3. The van der Waals surface area contributed by atoms with Crippen LogP contribution in [0.4, 0.5) is 5.69 Å². The van der Waals surface area contributed by atoms with Crippen molar-refractivity contribution in [1.29, 1.82) is 0 Å². The lowest BCUT2D eigenvalue weighted by Crippen LogP contribution is -2.35. The van der Waals surface area contributed by atoms with Crippen molar-refractivity contribution >= 4 is 23.5 Å². The number of rotatable bonds is 4. The highest BCUT2D eigenvalue weighted by atomic mass is 16.4. The number of allylic oxidation sites excluding steroid dienone is 2. The van der Waals surface area contributed by atoms with Crippen LogP contribution in [0.1, 0.15) is 23.2 Å². The van der Waals surface area contributed by atoms with Gasteiger partial charge in [-0.25, -0.2) is 0 Å². The van der Waals surface area contributed by atoms with Crippen LogP contribution in [0.15, 0.2) is 36.4 Å². The van der Waals surface area contributed by atoms with Crippen LogP contribution in [0, 0.1) is 11.8 Å². The summed E-state index contributed by atoms with van der Waals surface area (Å²) in [5.74, 6) is -3.05. The van der Waals surface area contributed by atoms with Crippen LogP contribution in [-0.2, 0) is 9.59 Å². The van der Waals surface area contributed by atoms with E-state index in [9.17, 15) is 19.5 Å². The van der Waals surface area contributed by atoms with Crippen LogP contribution in [0.3, 0.4) is 0 Å². The summed E-state index contributed by atoms with van der Waals surface area (Å²) in [6.07, 6.45) is 4.31. The third-order valence-corrected chi connectivity index (χ3v) is 3.74. The molecule has 1 aromatic rings. The molecule has 2 rings (SSSR count). The fourth-order valence-electron chi connectivity index (χ4n) is 2.53. The maximum Gasteiger partial charge on any atom is 0.307 e. The number of nitrogens with one attached hydrogen (secondary N) is 2. The fraction of sp³-hybridized carbons (Fsp3) is 0.312. The second-order valence-electron chi connectivity index (χ2n) is 5.11. The lowest BCUT2D eigenvalue weighted by atomic mass is 9.82. The van der Waals surface area contributed by atoms with Gasteiger partial charge in [0.1, 0.15) is 0 Å². The van der Waals surface area contributed by atoms with Crippen molar-refractivity contribution in [1.82, 2.24) is 5.32 Å². The summed E-state index contributed by atoms with van der Waals surface area (Å²) in [4.78, 5) is 35.5. The number of carboxylic acids is 1. The number of carbonyl (C=O) groups is 3. The molecule has 6 heteroatoms.